The summed E-state index contributed by atoms with van der Waals surface area (Å²) in [5.41, 5.74) is 12.7. The van der Waals surface area contributed by atoms with Crippen LogP contribution in [0.1, 0.15) is 50.8 Å². The minimum atomic E-state index is -0.500. The molecule has 0 unspecified atom stereocenters. The number of hydrogen-bond acceptors (Lipinski definition) is 7. The maximum Gasteiger partial charge on any atom is 0.225 e. The Morgan fingerprint density at radius 3 is 2.79 bits per heavy atom. The van der Waals surface area contributed by atoms with Crippen molar-refractivity contribution < 1.29 is 13.9 Å². The number of piperidine rings is 1. The smallest absolute Gasteiger partial charge is 0.225 e. The summed E-state index contributed by atoms with van der Waals surface area (Å²) >= 11 is 0. The lowest BCUT2D eigenvalue weighted by Gasteiger charge is -2.43. The average Bonchev–Trinajstić information content (AvgIpc) is 3.22. The molecule has 0 spiro atoms. The monoisotopic (exact) mass is 455 g/mol. The Morgan fingerprint density at radius 2 is 2.06 bits per heavy atom. The Morgan fingerprint density at radius 1 is 1.27 bits per heavy atom. The van der Waals surface area contributed by atoms with Gasteiger partial charge in [-0.1, -0.05) is 0 Å². The molecular weight excluding hydrogens is 425 g/mol. The molecule has 3 heterocycles. The Balaban J connectivity index is 1.42. The molecule has 1 aliphatic heterocycles. The number of methoxy groups -OCH3 is 1. The fraction of sp³-hybridized carbons (Fsp3) is 0.565. The summed E-state index contributed by atoms with van der Waals surface area (Å²) in [6, 6.07) is 3.05. The number of likely N-dealkylation sites (tertiary alicyclic amines) is 1. The van der Waals surface area contributed by atoms with Crippen LogP contribution in [-0.2, 0) is 4.79 Å². The van der Waals surface area contributed by atoms with Crippen molar-refractivity contribution in [2.45, 2.75) is 51.0 Å². The molecule has 4 N–H and O–H groups in total. The maximum absolute atomic E-state index is 14.4. The van der Waals surface area contributed by atoms with E-state index >= 15 is 0 Å². The van der Waals surface area contributed by atoms with Gasteiger partial charge in [0.1, 0.15) is 0 Å². The number of fused-ring (bicyclic) bond motifs is 3. The molecule has 2 atom stereocenters. The lowest BCUT2D eigenvalue weighted by atomic mass is 9.72. The van der Waals surface area contributed by atoms with Crippen molar-refractivity contribution >= 4 is 28.4 Å². The zero-order valence-electron chi connectivity index (χ0n) is 19.0. The highest BCUT2D eigenvalue weighted by atomic mass is 19.1. The highest BCUT2D eigenvalue weighted by Crippen LogP contribution is 2.39. The van der Waals surface area contributed by atoms with E-state index in [1.165, 1.54) is 23.8 Å². The molecule has 1 saturated heterocycles. The van der Waals surface area contributed by atoms with Gasteiger partial charge in [-0.25, -0.2) is 14.4 Å². The third-order valence-electron chi connectivity index (χ3n) is 7.28. The third-order valence-corrected chi connectivity index (χ3v) is 7.28. The second kappa shape index (κ2) is 8.40. The van der Waals surface area contributed by atoms with Gasteiger partial charge >= 0.3 is 0 Å². The number of amides is 1. The van der Waals surface area contributed by atoms with Gasteiger partial charge in [-0.15, -0.1) is 5.10 Å². The fourth-order valence-electron chi connectivity index (χ4n) is 5.24. The molecule has 2 aromatic heterocycles. The minimum Gasteiger partial charge on any atom is -0.494 e. The number of nitrogens with two attached hydrogens (primary N) is 2. The number of rotatable bonds is 5. The van der Waals surface area contributed by atoms with Crippen molar-refractivity contribution in [2.75, 3.05) is 25.9 Å². The standard InChI is InChI=1S/C23H30FN7O2/c1-12-3-4-14(11-30(12)22(32)15-7-13(8-15)5-6-25)20-28-21-16-9-17(24)19(33-2)10-18(16)27-23(26)31(21)29-20/h9-10,12-15H,3-8,11,25H2,1-2H3,(H2,26,27)/t12-,13?,14+,15?/m0/s1. The first kappa shape index (κ1) is 21.8. The highest BCUT2D eigenvalue weighted by molar-refractivity contribution is 5.93. The van der Waals surface area contributed by atoms with Crippen LogP contribution in [0.2, 0.25) is 0 Å². The molecule has 10 heteroatoms. The predicted octanol–water partition coefficient (Wildman–Crippen LogP) is 2.48. The van der Waals surface area contributed by atoms with Crippen LogP contribution in [0.4, 0.5) is 10.3 Å². The van der Waals surface area contributed by atoms with Crippen molar-refractivity contribution in [3.63, 3.8) is 0 Å². The summed E-state index contributed by atoms with van der Waals surface area (Å²) in [6.07, 6.45) is 4.60. The van der Waals surface area contributed by atoms with E-state index in [9.17, 15) is 9.18 Å². The minimum absolute atomic E-state index is 0.0116. The lowest BCUT2D eigenvalue weighted by molar-refractivity contribution is -0.143. The number of ether oxygens (including phenoxy) is 1. The van der Waals surface area contributed by atoms with Gasteiger partial charge in [-0.2, -0.15) is 4.52 Å². The number of hydrogen-bond donors (Lipinski definition) is 2. The van der Waals surface area contributed by atoms with E-state index in [0.717, 1.165) is 32.1 Å². The lowest BCUT2D eigenvalue weighted by Crippen LogP contribution is -2.50. The van der Waals surface area contributed by atoms with E-state index in [2.05, 4.69) is 17.0 Å². The topological polar surface area (TPSA) is 125 Å². The van der Waals surface area contributed by atoms with Crippen molar-refractivity contribution in [3.05, 3.63) is 23.8 Å². The molecule has 9 nitrogen and oxygen atoms in total. The first-order chi connectivity index (χ1) is 15.9. The zero-order chi connectivity index (χ0) is 23.3. The van der Waals surface area contributed by atoms with Crippen LogP contribution in [0.25, 0.3) is 16.6 Å². The fourth-order valence-corrected chi connectivity index (χ4v) is 5.24. The summed E-state index contributed by atoms with van der Waals surface area (Å²) in [6.45, 7) is 3.35. The van der Waals surface area contributed by atoms with E-state index in [4.69, 9.17) is 21.2 Å². The van der Waals surface area contributed by atoms with Crippen molar-refractivity contribution in [1.29, 1.82) is 0 Å². The Bertz CT molecular complexity index is 1210. The molecule has 1 aromatic carbocycles. The largest absolute Gasteiger partial charge is 0.494 e. The molecule has 1 saturated carbocycles. The van der Waals surface area contributed by atoms with Crippen LogP contribution in [0.15, 0.2) is 12.1 Å². The second-order valence-electron chi connectivity index (χ2n) is 9.40. The molecule has 2 fully saturated rings. The van der Waals surface area contributed by atoms with E-state index in [0.29, 0.717) is 41.4 Å². The second-order valence-corrected chi connectivity index (χ2v) is 9.40. The number of nitrogens with zero attached hydrogens (tertiary/aromatic N) is 5. The van der Waals surface area contributed by atoms with Crippen LogP contribution in [0, 0.1) is 17.7 Å². The number of aromatic nitrogens is 4. The Kier molecular flexibility index (Phi) is 5.55. The summed E-state index contributed by atoms with van der Waals surface area (Å²) in [7, 11) is 1.40. The van der Waals surface area contributed by atoms with Crippen LogP contribution >= 0.6 is 0 Å². The quantitative estimate of drug-likeness (QED) is 0.605. The van der Waals surface area contributed by atoms with E-state index < -0.39 is 5.82 Å². The summed E-state index contributed by atoms with van der Waals surface area (Å²) in [5, 5.41) is 5.12. The number of carbonyl (C=O) groups excluding carboxylic acids is 1. The predicted molar refractivity (Wildman–Crippen MR) is 122 cm³/mol. The first-order valence-electron chi connectivity index (χ1n) is 11.6. The van der Waals surface area contributed by atoms with Crippen molar-refractivity contribution in [2.24, 2.45) is 17.6 Å². The Labute approximate surface area is 191 Å². The molecule has 33 heavy (non-hydrogen) atoms. The van der Waals surface area contributed by atoms with Gasteiger partial charge in [-0.05, 0) is 57.6 Å². The van der Waals surface area contributed by atoms with Crippen LogP contribution < -0.4 is 16.2 Å². The van der Waals surface area contributed by atoms with Gasteiger partial charge < -0.3 is 21.1 Å². The van der Waals surface area contributed by atoms with Crippen LogP contribution in [-0.4, -0.2) is 56.6 Å². The Hall–Kier alpha value is -3.01. The zero-order valence-corrected chi connectivity index (χ0v) is 19.0. The molecular formula is C23H30FN7O2. The molecule has 176 valence electrons. The third kappa shape index (κ3) is 3.76. The number of halogens is 1. The van der Waals surface area contributed by atoms with Gasteiger partial charge in [0.25, 0.3) is 0 Å². The van der Waals surface area contributed by atoms with E-state index in [-0.39, 0.29) is 35.5 Å². The van der Waals surface area contributed by atoms with E-state index in [1.807, 2.05) is 4.90 Å². The molecule has 0 bridgehead atoms. The molecule has 1 aliphatic carbocycles. The maximum atomic E-state index is 14.4. The average molecular weight is 456 g/mol. The first-order valence-corrected chi connectivity index (χ1v) is 11.6. The number of carbonyl (C=O) groups is 1. The molecule has 0 radical (unpaired) electrons. The molecule has 5 rings (SSSR count). The molecule has 3 aromatic rings. The van der Waals surface area contributed by atoms with Crippen molar-refractivity contribution in [3.8, 4) is 5.75 Å². The van der Waals surface area contributed by atoms with Crippen LogP contribution in [0.5, 0.6) is 5.75 Å². The highest BCUT2D eigenvalue weighted by Gasteiger charge is 2.40. The summed E-state index contributed by atoms with van der Waals surface area (Å²) < 4.78 is 20.9. The number of benzene rings is 1. The summed E-state index contributed by atoms with van der Waals surface area (Å²) in [4.78, 5) is 24.3. The van der Waals surface area contributed by atoms with Gasteiger partial charge in [0.05, 0.1) is 12.6 Å². The summed E-state index contributed by atoms with van der Waals surface area (Å²) in [5.74, 6) is 1.25. The normalized spacial score (nSPS) is 25.4. The molecule has 1 amide bonds. The van der Waals surface area contributed by atoms with Gasteiger partial charge in [-0.3, -0.25) is 4.79 Å². The van der Waals surface area contributed by atoms with Gasteiger partial charge in [0.15, 0.2) is 23.0 Å². The number of nitrogen functional groups attached to an aromatic ring is 1. The molecule has 2 aliphatic rings. The van der Waals surface area contributed by atoms with Crippen LogP contribution in [0.3, 0.4) is 0 Å². The van der Waals surface area contributed by atoms with Gasteiger partial charge in [0.2, 0.25) is 11.9 Å². The van der Waals surface area contributed by atoms with Crippen molar-refractivity contribution in [1.82, 2.24) is 24.5 Å². The SMILES string of the molecule is COc1cc2nc(N)n3nc([C@@H]4CC[C@H](C)N(C(=O)C5CC(CCN)C5)C4)nc3c2cc1F. The van der Waals surface area contributed by atoms with Gasteiger partial charge in [0, 0.05) is 35.9 Å². The number of anilines is 1. The van der Waals surface area contributed by atoms with E-state index in [1.54, 1.807) is 0 Å².